The molecule has 0 amide bonds. The van der Waals surface area contributed by atoms with E-state index in [1.54, 1.807) is 16.7 Å². The molecule has 2 aliphatic rings. The molecule has 98 valence electrons. The number of hydrogen-bond donors (Lipinski definition) is 0. The van der Waals surface area contributed by atoms with Crippen molar-refractivity contribution in [2.75, 3.05) is 24.6 Å². The molecule has 2 fully saturated rings. The summed E-state index contributed by atoms with van der Waals surface area (Å²) in [7, 11) is 0. The average molecular weight is 266 g/mol. The zero-order chi connectivity index (χ0) is 12.5. The molecule has 1 aliphatic carbocycles. The minimum atomic E-state index is -0.306. The van der Waals surface area contributed by atoms with Crippen LogP contribution in [0.3, 0.4) is 0 Å². The van der Waals surface area contributed by atoms with Crippen molar-refractivity contribution in [2.45, 2.75) is 26.2 Å². The molecular formula is C13H18N2O2S. The average Bonchev–Trinajstić information content (AvgIpc) is 3.03. The molecule has 1 saturated carbocycles. The van der Waals surface area contributed by atoms with Crippen LogP contribution in [0.5, 0.6) is 0 Å². The minimum Gasteiger partial charge on any atom is -0.461 e. The maximum absolute atomic E-state index is 11.6. The maximum Gasteiger partial charge on any atom is 0.357 e. The summed E-state index contributed by atoms with van der Waals surface area (Å²) < 4.78 is 4.97. The van der Waals surface area contributed by atoms with Crippen molar-refractivity contribution >= 4 is 22.4 Å². The number of nitrogens with zero attached hydrogens (tertiary/aromatic N) is 2. The summed E-state index contributed by atoms with van der Waals surface area (Å²) in [5, 5.41) is 2.79. The van der Waals surface area contributed by atoms with Crippen molar-refractivity contribution in [2.24, 2.45) is 11.8 Å². The lowest BCUT2D eigenvalue weighted by molar-refractivity contribution is 0.0520. The molecule has 2 heterocycles. The van der Waals surface area contributed by atoms with Gasteiger partial charge in [0.2, 0.25) is 0 Å². The van der Waals surface area contributed by atoms with E-state index in [2.05, 4.69) is 9.88 Å². The van der Waals surface area contributed by atoms with Crippen LogP contribution in [0.15, 0.2) is 5.38 Å². The lowest BCUT2D eigenvalue weighted by Crippen LogP contribution is -2.20. The molecule has 0 radical (unpaired) electrons. The Balaban J connectivity index is 1.68. The van der Waals surface area contributed by atoms with E-state index in [4.69, 9.17) is 4.74 Å². The van der Waals surface area contributed by atoms with Crippen molar-refractivity contribution in [1.29, 1.82) is 0 Å². The Labute approximate surface area is 111 Å². The Morgan fingerprint density at radius 3 is 2.89 bits per heavy atom. The largest absolute Gasteiger partial charge is 0.461 e. The van der Waals surface area contributed by atoms with Gasteiger partial charge in [-0.1, -0.05) is 6.42 Å². The Kier molecular flexibility index (Phi) is 3.24. The van der Waals surface area contributed by atoms with Crippen LogP contribution in [0.25, 0.3) is 0 Å². The molecule has 1 aliphatic heterocycles. The van der Waals surface area contributed by atoms with Crippen LogP contribution in [0.4, 0.5) is 5.13 Å². The van der Waals surface area contributed by atoms with Crippen molar-refractivity contribution in [3.8, 4) is 0 Å². The second kappa shape index (κ2) is 4.88. The fourth-order valence-corrected chi connectivity index (χ4v) is 3.91. The van der Waals surface area contributed by atoms with E-state index in [-0.39, 0.29) is 5.97 Å². The first-order valence-electron chi connectivity index (χ1n) is 6.65. The zero-order valence-corrected chi connectivity index (χ0v) is 11.4. The van der Waals surface area contributed by atoms with Crippen LogP contribution in [0.2, 0.25) is 0 Å². The molecule has 2 unspecified atom stereocenters. The first-order chi connectivity index (χ1) is 8.78. The van der Waals surface area contributed by atoms with Crippen LogP contribution in [0.1, 0.15) is 36.7 Å². The molecule has 4 nitrogen and oxygen atoms in total. The van der Waals surface area contributed by atoms with Gasteiger partial charge < -0.3 is 9.64 Å². The van der Waals surface area contributed by atoms with Crippen LogP contribution in [-0.2, 0) is 4.74 Å². The molecule has 0 bridgehead atoms. The number of thiazole rings is 1. The van der Waals surface area contributed by atoms with Gasteiger partial charge in [0.1, 0.15) is 0 Å². The second-order valence-corrected chi connectivity index (χ2v) is 5.93. The lowest BCUT2D eigenvalue weighted by atomic mass is 10.0. The first kappa shape index (κ1) is 12.0. The highest BCUT2D eigenvalue weighted by molar-refractivity contribution is 7.13. The summed E-state index contributed by atoms with van der Waals surface area (Å²) >= 11 is 1.55. The highest BCUT2D eigenvalue weighted by Gasteiger charge is 2.37. The highest BCUT2D eigenvalue weighted by Crippen LogP contribution is 2.40. The summed E-state index contributed by atoms with van der Waals surface area (Å²) in [6, 6.07) is 0. The van der Waals surface area contributed by atoms with E-state index in [0.717, 1.165) is 30.1 Å². The topological polar surface area (TPSA) is 42.4 Å². The molecule has 0 N–H and O–H groups in total. The second-order valence-electron chi connectivity index (χ2n) is 5.09. The van der Waals surface area contributed by atoms with Gasteiger partial charge in [-0.15, -0.1) is 11.3 Å². The first-order valence-corrected chi connectivity index (χ1v) is 7.53. The number of aromatic nitrogens is 1. The Hall–Kier alpha value is -1.10. The third-order valence-electron chi connectivity index (χ3n) is 3.97. The number of carbonyl (C=O) groups is 1. The summed E-state index contributed by atoms with van der Waals surface area (Å²) in [6.45, 7) is 4.44. The van der Waals surface area contributed by atoms with Crippen molar-refractivity contribution in [3.05, 3.63) is 11.1 Å². The maximum atomic E-state index is 11.6. The van der Waals surface area contributed by atoms with Crippen molar-refractivity contribution in [3.63, 3.8) is 0 Å². The molecule has 1 saturated heterocycles. The van der Waals surface area contributed by atoms with Gasteiger partial charge in [-0.3, -0.25) is 0 Å². The van der Waals surface area contributed by atoms with Crippen molar-refractivity contribution < 1.29 is 9.53 Å². The summed E-state index contributed by atoms with van der Waals surface area (Å²) in [6.07, 6.45) is 4.10. The van der Waals surface area contributed by atoms with E-state index in [1.807, 2.05) is 6.92 Å². The van der Waals surface area contributed by atoms with Gasteiger partial charge in [-0.2, -0.15) is 0 Å². The van der Waals surface area contributed by atoms with Gasteiger partial charge in [0, 0.05) is 18.5 Å². The van der Waals surface area contributed by atoms with Crippen LogP contribution < -0.4 is 4.90 Å². The standard InChI is InChI=1S/C13H18N2O2S/c1-2-17-12(16)11-8-18-13(14-11)15-6-9-4-3-5-10(9)7-15/h8-10H,2-7H2,1H3. The van der Waals surface area contributed by atoms with E-state index < -0.39 is 0 Å². The predicted octanol–water partition coefficient (Wildman–Crippen LogP) is 2.56. The van der Waals surface area contributed by atoms with Gasteiger partial charge in [0.15, 0.2) is 10.8 Å². The number of esters is 1. The van der Waals surface area contributed by atoms with Gasteiger partial charge in [-0.25, -0.2) is 9.78 Å². The minimum absolute atomic E-state index is 0.306. The number of ether oxygens (including phenoxy) is 1. The number of rotatable bonds is 3. The number of hydrogen-bond acceptors (Lipinski definition) is 5. The SMILES string of the molecule is CCOC(=O)c1csc(N2CC3CCCC3C2)n1. The Morgan fingerprint density at radius 2 is 2.22 bits per heavy atom. The molecule has 0 aromatic carbocycles. The molecule has 1 aromatic heterocycles. The van der Waals surface area contributed by atoms with Gasteiger partial charge >= 0.3 is 5.97 Å². The summed E-state index contributed by atoms with van der Waals surface area (Å²) in [5.41, 5.74) is 0.453. The third-order valence-corrected chi connectivity index (χ3v) is 4.87. The number of fused-ring (bicyclic) bond motifs is 1. The van der Waals surface area contributed by atoms with E-state index in [9.17, 15) is 4.79 Å². The lowest BCUT2D eigenvalue weighted by Gasteiger charge is -2.15. The fourth-order valence-electron chi connectivity index (χ4n) is 3.10. The van der Waals surface area contributed by atoms with Crippen LogP contribution >= 0.6 is 11.3 Å². The molecule has 5 heteroatoms. The van der Waals surface area contributed by atoms with E-state index in [0.29, 0.717) is 12.3 Å². The summed E-state index contributed by atoms with van der Waals surface area (Å²) in [5.74, 6) is 1.39. The van der Waals surface area contributed by atoms with E-state index in [1.165, 1.54) is 19.3 Å². The molecule has 3 rings (SSSR count). The van der Waals surface area contributed by atoms with Crippen LogP contribution in [0, 0.1) is 11.8 Å². The van der Waals surface area contributed by atoms with Crippen LogP contribution in [-0.4, -0.2) is 30.6 Å². The fraction of sp³-hybridized carbons (Fsp3) is 0.692. The highest BCUT2D eigenvalue weighted by atomic mass is 32.1. The third kappa shape index (κ3) is 2.11. The van der Waals surface area contributed by atoms with Crippen molar-refractivity contribution in [1.82, 2.24) is 4.98 Å². The number of anilines is 1. The molecule has 18 heavy (non-hydrogen) atoms. The monoisotopic (exact) mass is 266 g/mol. The molecule has 0 spiro atoms. The number of carbonyl (C=O) groups excluding carboxylic acids is 1. The Morgan fingerprint density at radius 1 is 1.50 bits per heavy atom. The molecule has 2 atom stereocenters. The smallest absolute Gasteiger partial charge is 0.357 e. The zero-order valence-electron chi connectivity index (χ0n) is 10.6. The van der Waals surface area contributed by atoms with E-state index >= 15 is 0 Å². The quantitative estimate of drug-likeness (QED) is 0.789. The molecular weight excluding hydrogens is 248 g/mol. The van der Waals surface area contributed by atoms with Gasteiger partial charge in [0.25, 0.3) is 0 Å². The normalized spacial score (nSPS) is 26.4. The predicted molar refractivity (Wildman–Crippen MR) is 71.1 cm³/mol. The Bertz CT molecular complexity index is 434. The summed E-state index contributed by atoms with van der Waals surface area (Å²) in [4.78, 5) is 18.3. The van der Waals surface area contributed by atoms with Gasteiger partial charge in [0.05, 0.1) is 6.61 Å². The van der Waals surface area contributed by atoms with Gasteiger partial charge in [-0.05, 0) is 31.6 Å². The molecule has 1 aromatic rings.